The lowest BCUT2D eigenvalue weighted by Crippen LogP contribution is -2.66. The van der Waals surface area contributed by atoms with Gasteiger partial charge in [0.15, 0.2) is 8.07 Å². The number of hydrogen-bond donors (Lipinski definition) is 0. The maximum absolute atomic E-state index is 11.8. The van der Waals surface area contributed by atoms with Gasteiger partial charge in [-0.1, -0.05) is 97.1 Å². The Kier molecular flexibility index (Phi) is 6.39. The highest BCUT2D eigenvalue weighted by Gasteiger charge is 2.37. The van der Waals surface area contributed by atoms with Crippen LogP contribution in [0, 0.1) is 0 Å². The van der Waals surface area contributed by atoms with Crippen molar-refractivity contribution >= 4 is 29.6 Å². The van der Waals surface area contributed by atoms with Crippen molar-refractivity contribution in [2.75, 3.05) is 6.61 Å². The van der Waals surface area contributed by atoms with Gasteiger partial charge in [0.1, 0.15) is 0 Å². The summed E-state index contributed by atoms with van der Waals surface area (Å²) in [6, 6.07) is 32.8. The first-order chi connectivity index (χ1) is 13.3. The Labute approximate surface area is 162 Å². The Hall–Kier alpha value is -2.91. The first-order valence-corrected chi connectivity index (χ1v) is 11.5. The summed E-state index contributed by atoms with van der Waals surface area (Å²) in [4.78, 5) is 11.8. The number of rotatable bonds is 7. The maximum Gasteiger partial charge on any atom is 0.330 e. The number of carbonyl (C=O) groups is 1. The zero-order chi connectivity index (χ0) is 19.0. The summed E-state index contributed by atoms with van der Waals surface area (Å²) in [5, 5.41) is 3.99. The highest BCUT2D eigenvalue weighted by Crippen LogP contribution is 2.14. The normalized spacial score (nSPS) is 11.4. The molecule has 0 aliphatic rings. The van der Waals surface area contributed by atoms with E-state index in [1.807, 2.05) is 31.2 Å². The smallest absolute Gasteiger partial charge is 0.330 e. The highest BCUT2D eigenvalue weighted by atomic mass is 28.3. The van der Waals surface area contributed by atoms with Crippen LogP contribution in [0.1, 0.15) is 6.92 Å². The largest absolute Gasteiger partial charge is 0.463 e. The molecule has 0 atom stereocenters. The monoisotopic (exact) mass is 372 g/mol. The zero-order valence-electron chi connectivity index (χ0n) is 15.5. The molecule has 2 nitrogen and oxygen atoms in total. The van der Waals surface area contributed by atoms with Crippen molar-refractivity contribution in [2.24, 2.45) is 0 Å². The molecule has 0 saturated heterocycles. The summed E-state index contributed by atoms with van der Waals surface area (Å²) in [6.45, 7) is 2.21. The first-order valence-electron chi connectivity index (χ1n) is 9.27. The SMILES string of the molecule is CCOC(=O)C=CC[Si](c1ccccc1)(c1ccccc1)c1ccccc1. The van der Waals surface area contributed by atoms with Gasteiger partial charge in [0.05, 0.1) is 6.61 Å². The minimum absolute atomic E-state index is 0.283. The molecular formula is C24H24O2Si. The van der Waals surface area contributed by atoms with Crippen LogP contribution in [0.25, 0.3) is 0 Å². The van der Waals surface area contributed by atoms with Crippen LogP contribution >= 0.6 is 0 Å². The van der Waals surface area contributed by atoms with Gasteiger partial charge in [0, 0.05) is 6.08 Å². The number of carbonyl (C=O) groups excluding carboxylic acids is 1. The van der Waals surface area contributed by atoms with Crippen LogP contribution in [0.4, 0.5) is 0 Å². The lowest BCUT2D eigenvalue weighted by Gasteiger charge is -2.33. The van der Waals surface area contributed by atoms with Gasteiger partial charge in [0.25, 0.3) is 0 Å². The topological polar surface area (TPSA) is 26.3 Å². The molecule has 3 aromatic rings. The van der Waals surface area contributed by atoms with E-state index in [2.05, 4.69) is 72.8 Å². The van der Waals surface area contributed by atoms with Crippen molar-refractivity contribution in [3.63, 3.8) is 0 Å². The Bertz CT molecular complexity index is 777. The van der Waals surface area contributed by atoms with Crippen LogP contribution in [0.15, 0.2) is 103 Å². The number of allylic oxidation sites excluding steroid dienone is 1. The summed E-state index contributed by atoms with van der Waals surface area (Å²) in [5.41, 5.74) is 0. The van der Waals surface area contributed by atoms with E-state index in [0.717, 1.165) is 6.04 Å². The van der Waals surface area contributed by atoms with E-state index in [1.54, 1.807) is 6.08 Å². The fourth-order valence-electron chi connectivity index (χ4n) is 3.54. The second-order valence-electron chi connectivity index (χ2n) is 6.36. The van der Waals surface area contributed by atoms with Crippen molar-refractivity contribution in [3.8, 4) is 0 Å². The fraction of sp³-hybridized carbons (Fsp3) is 0.125. The Morgan fingerprint density at radius 3 is 1.56 bits per heavy atom. The third kappa shape index (κ3) is 4.26. The Morgan fingerprint density at radius 2 is 1.19 bits per heavy atom. The second kappa shape index (κ2) is 9.15. The van der Waals surface area contributed by atoms with Gasteiger partial charge in [0.2, 0.25) is 0 Å². The Morgan fingerprint density at radius 1 is 0.778 bits per heavy atom. The van der Waals surface area contributed by atoms with Crippen molar-refractivity contribution in [2.45, 2.75) is 13.0 Å². The van der Waals surface area contributed by atoms with Gasteiger partial charge in [-0.3, -0.25) is 0 Å². The van der Waals surface area contributed by atoms with E-state index in [1.165, 1.54) is 15.6 Å². The van der Waals surface area contributed by atoms with Crippen LogP contribution in [0.5, 0.6) is 0 Å². The molecule has 3 rings (SSSR count). The molecule has 0 aliphatic heterocycles. The molecule has 0 aromatic heterocycles. The molecular weight excluding hydrogens is 348 g/mol. The van der Waals surface area contributed by atoms with Crippen molar-refractivity contribution in [3.05, 3.63) is 103 Å². The van der Waals surface area contributed by atoms with Gasteiger partial charge >= 0.3 is 5.97 Å². The van der Waals surface area contributed by atoms with Crippen molar-refractivity contribution in [1.82, 2.24) is 0 Å². The molecule has 136 valence electrons. The highest BCUT2D eigenvalue weighted by molar-refractivity contribution is 7.11. The zero-order valence-corrected chi connectivity index (χ0v) is 16.5. The molecule has 27 heavy (non-hydrogen) atoms. The van der Waals surface area contributed by atoms with E-state index >= 15 is 0 Å². The van der Waals surface area contributed by atoms with Gasteiger partial charge in [-0.2, -0.15) is 0 Å². The van der Waals surface area contributed by atoms with E-state index in [-0.39, 0.29) is 5.97 Å². The molecule has 3 heteroatoms. The molecule has 0 fully saturated rings. The van der Waals surface area contributed by atoms with Gasteiger partial charge in [-0.25, -0.2) is 4.79 Å². The molecule has 0 unspecified atom stereocenters. The standard InChI is InChI=1S/C24H24O2Si/c1-2-26-24(25)19-12-20-27(21-13-6-3-7-14-21,22-15-8-4-9-16-22)23-17-10-5-11-18-23/h3-19H,2,20H2,1H3. The summed E-state index contributed by atoms with van der Waals surface area (Å²) in [5.74, 6) is -0.283. The molecule has 0 N–H and O–H groups in total. The minimum Gasteiger partial charge on any atom is -0.463 e. The first kappa shape index (κ1) is 18.9. The van der Waals surface area contributed by atoms with Gasteiger partial charge < -0.3 is 4.74 Å². The number of benzene rings is 3. The molecule has 0 radical (unpaired) electrons. The third-order valence-corrected chi connectivity index (χ3v) is 9.57. The van der Waals surface area contributed by atoms with Crippen LogP contribution < -0.4 is 15.6 Å². The summed E-state index contributed by atoms with van der Waals surface area (Å²) < 4.78 is 5.06. The molecule has 3 aromatic carbocycles. The predicted octanol–water partition coefficient (Wildman–Crippen LogP) is 3.28. The molecule has 0 amide bonds. The van der Waals surface area contributed by atoms with Crippen LogP contribution in [0.3, 0.4) is 0 Å². The molecule has 0 spiro atoms. The number of esters is 1. The van der Waals surface area contributed by atoms with Crippen LogP contribution in [-0.4, -0.2) is 20.7 Å². The van der Waals surface area contributed by atoms with E-state index in [4.69, 9.17) is 4.74 Å². The molecule has 0 heterocycles. The Balaban J connectivity index is 2.15. The van der Waals surface area contributed by atoms with E-state index < -0.39 is 8.07 Å². The van der Waals surface area contributed by atoms with Gasteiger partial charge in [-0.05, 0) is 28.5 Å². The maximum atomic E-state index is 11.8. The quantitative estimate of drug-likeness (QED) is 0.275. The van der Waals surface area contributed by atoms with Crippen LogP contribution in [-0.2, 0) is 9.53 Å². The minimum atomic E-state index is -2.31. The number of hydrogen-bond acceptors (Lipinski definition) is 2. The van der Waals surface area contributed by atoms with Gasteiger partial charge in [-0.15, -0.1) is 0 Å². The molecule has 0 bridgehead atoms. The third-order valence-electron chi connectivity index (χ3n) is 4.76. The van der Waals surface area contributed by atoms with Crippen molar-refractivity contribution < 1.29 is 9.53 Å². The van der Waals surface area contributed by atoms with Crippen LogP contribution in [0.2, 0.25) is 6.04 Å². The average molecular weight is 373 g/mol. The fourth-order valence-corrected chi connectivity index (χ4v) is 8.01. The predicted molar refractivity (Wildman–Crippen MR) is 115 cm³/mol. The second-order valence-corrected chi connectivity index (χ2v) is 10.3. The summed E-state index contributed by atoms with van der Waals surface area (Å²) >= 11 is 0. The lowest BCUT2D eigenvalue weighted by atomic mass is 10.3. The number of ether oxygens (including phenoxy) is 1. The molecule has 0 saturated carbocycles. The average Bonchev–Trinajstić information content (AvgIpc) is 2.73. The van der Waals surface area contributed by atoms with E-state index in [9.17, 15) is 4.79 Å². The van der Waals surface area contributed by atoms with E-state index in [0.29, 0.717) is 6.61 Å². The summed E-state index contributed by atoms with van der Waals surface area (Å²) in [6.07, 6.45) is 3.55. The summed E-state index contributed by atoms with van der Waals surface area (Å²) in [7, 11) is -2.31. The lowest BCUT2D eigenvalue weighted by molar-refractivity contribution is -0.137. The van der Waals surface area contributed by atoms with Crippen molar-refractivity contribution in [1.29, 1.82) is 0 Å². The molecule has 0 aliphatic carbocycles.